The second kappa shape index (κ2) is 9.51. The molecule has 0 aliphatic carbocycles. The standard InChI is InChI=1S/C21H29N5O4/c1-6-7-12-25(20(28)15-8-10-16(11-9-15)26(29)30)14-19(27)22-18-13-17(21(2,3)4)23-24(18)5/h8-11,13H,6-7,12,14H2,1-5H3,(H,22,27). The second-order valence-electron chi connectivity index (χ2n) is 8.22. The number of carbonyl (C=O) groups is 2. The first-order valence-electron chi connectivity index (χ1n) is 9.91. The molecule has 9 heteroatoms. The van der Waals surface area contributed by atoms with Gasteiger partial charge in [-0.25, -0.2) is 0 Å². The van der Waals surface area contributed by atoms with Gasteiger partial charge in [-0.15, -0.1) is 0 Å². The number of anilines is 1. The van der Waals surface area contributed by atoms with Gasteiger partial charge in [-0.3, -0.25) is 24.4 Å². The maximum atomic E-state index is 12.9. The first-order chi connectivity index (χ1) is 14.0. The van der Waals surface area contributed by atoms with Crippen molar-refractivity contribution >= 4 is 23.3 Å². The molecule has 1 aromatic heterocycles. The van der Waals surface area contributed by atoms with Gasteiger partial charge in [0.1, 0.15) is 12.4 Å². The Bertz CT molecular complexity index is 912. The number of non-ortho nitro benzene ring substituents is 1. The molecule has 2 aromatic rings. The van der Waals surface area contributed by atoms with Crippen molar-refractivity contribution in [2.45, 2.75) is 46.0 Å². The summed E-state index contributed by atoms with van der Waals surface area (Å²) < 4.78 is 1.60. The lowest BCUT2D eigenvalue weighted by Gasteiger charge is -2.22. The molecule has 1 aromatic carbocycles. The minimum absolute atomic E-state index is 0.0877. The number of aryl methyl sites for hydroxylation is 1. The average Bonchev–Trinajstić information content (AvgIpc) is 3.05. The van der Waals surface area contributed by atoms with Crippen LogP contribution in [0.2, 0.25) is 0 Å². The minimum Gasteiger partial charge on any atom is -0.329 e. The summed E-state index contributed by atoms with van der Waals surface area (Å²) in [6, 6.07) is 7.22. The highest BCUT2D eigenvalue weighted by atomic mass is 16.6. The van der Waals surface area contributed by atoms with Gasteiger partial charge < -0.3 is 10.2 Å². The van der Waals surface area contributed by atoms with Gasteiger partial charge in [-0.2, -0.15) is 5.10 Å². The Morgan fingerprint density at radius 3 is 2.37 bits per heavy atom. The van der Waals surface area contributed by atoms with Crippen LogP contribution < -0.4 is 5.32 Å². The van der Waals surface area contributed by atoms with Crippen molar-refractivity contribution in [3.05, 3.63) is 51.7 Å². The Balaban J connectivity index is 2.13. The number of nitrogens with one attached hydrogen (secondary N) is 1. The topological polar surface area (TPSA) is 110 Å². The van der Waals surface area contributed by atoms with Crippen molar-refractivity contribution in [1.29, 1.82) is 0 Å². The van der Waals surface area contributed by atoms with E-state index in [1.165, 1.54) is 29.2 Å². The van der Waals surface area contributed by atoms with Gasteiger partial charge >= 0.3 is 0 Å². The van der Waals surface area contributed by atoms with Crippen LogP contribution in [-0.4, -0.2) is 44.5 Å². The van der Waals surface area contributed by atoms with Gasteiger partial charge in [0, 0.05) is 42.8 Å². The highest BCUT2D eigenvalue weighted by molar-refractivity contribution is 5.99. The summed E-state index contributed by atoms with van der Waals surface area (Å²) in [5, 5.41) is 18.1. The number of aromatic nitrogens is 2. The zero-order valence-electron chi connectivity index (χ0n) is 18.1. The van der Waals surface area contributed by atoms with Crippen molar-refractivity contribution in [3.8, 4) is 0 Å². The van der Waals surface area contributed by atoms with Crippen molar-refractivity contribution < 1.29 is 14.5 Å². The molecular formula is C21H29N5O4. The number of benzene rings is 1. The first-order valence-corrected chi connectivity index (χ1v) is 9.91. The van der Waals surface area contributed by atoms with E-state index in [-0.39, 0.29) is 29.5 Å². The molecule has 2 rings (SSSR count). The quantitative estimate of drug-likeness (QED) is 0.524. The predicted octanol–water partition coefficient (Wildman–Crippen LogP) is 3.51. The lowest BCUT2D eigenvalue weighted by atomic mass is 9.92. The second-order valence-corrected chi connectivity index (χ2v) is 8.22. The summed E-state index contributed by atoms with van der Waals surface area (Å²) >= 11 is 0. The monoisotopic (exact) mass is 415 g/mol. The molecule has 0 aliphatic rings. The number of hydrogen-bond donors (Lipinski definition) is 1. The van der Waals surface area contributed by atoms with Crippen LogP contribution in [0.3, 0.4) is 0 Å². The zero-order chi connectivity index (χ0) is 22.5. The number of nitro benzene ring substituents is 1. The molecule has 0 spiro atoms. The molecule has 162 valence electrons. The third-order valence-corrected chi connectivity index (χ3v) is 4.64. The molecule has 0 unspecified atom stereocenters. The smallest absolute Gasteiger partial charge is 0.269 e. The number of hydrogen-bond acceptors (Lipinski definition) is 5. The van der Waals surface area contributed by atoms with Gasteiger partial charge in [-0.1, -0.05) is 34.1 Å². The molecule has 2 amide bonds. The molecular weight excluding hydrogens is 386 g/mol. The summed E-state index contributed by atoms with van der Waals surface area (Å²) in [5.41, 5.74) is 0.917. The summed E-state index contributed by atoms with van der Waals surface area (Å²) in [6.45, 7) is 8.41. The highest BCUT2D eigenvalue weighted by Gasteiger charge is 2.22. The Morgan fingerprint density at radius 2 is 1.87 bits per heavy atom. The number of amides is 2. The van der Waals surface area contributed by atoms with Crippen LogP contribution in [-0.2, 0) is 17.3 Å². The van der Waals surface area contributed by atoms with Gasteiger partial charge in [-0.05, 0) is 18.6 Å². The molecule has 30 heavy (non-hydrogen) atoms. The molecule has 0 fully saturated rings. The van der Waals surface area contributed by atoms with E-state index in [4.69, 9.17) is 0 Å². The largest absolute Gasteiger partial charge is 0.329 e. The summed E-state index contributed by atoms with van der Waals surface area (Å²) in [4.78, 5) is 37.3. The van der Waals surface area contributed by atoms with Crippen LogP contribution in [0, 0.1) is 10.1 Å². The Labute approximate surface area is 176 Å². The van der Waals surface area contributed by atoms with E-state index in [9.17, 15) is 19.7 Å². The fraction of sp³-hybridized carbons (Fsp3) is 0.476. The summed E-state index contributed by atoms with van der Waals surface area (Å²) in [6.07, 6.45) is 1.61. The fourth-order valence-corrected chi connectivity index (χ4v) is 2.82. The molecule has 0 aliphatic heterocycles. The third kappa shape index (κ3) is 5.88. The van der Waals surface area contributed by atoms with Gasteiger partial charge in [0.15, 0.2) is 0 Å². The van der Waals surface area contributed by atoms with E-state index in [1.54, 1.807) is 11.7 Å². The van der Waals surface area contributed by atoms with Crippen LogP contribution >= 0.6 is 0 Å². The van der Waals surface area contributed by atoms with Crippen molar-refractivity contribution in [2.75, 3.05) is 18.4 Å². The van der Waals surface area contributed by atoms with Crippen LogP contribution in [0.4, 0.5) is 11.5 Å². The predicted molar refractivity (Wildman–Crippen MR) is 114 cm³/mol. The molecule has 0 bridgehead atoms. The number of rotatable bonds is 8. The van der Waals surface area contributed by atoms with E-state index in [0.717, 1.165) is 18.5 Å². The van der Waals surface area contributed by atoms with Crippen molar-refractivity contribution in [1.82, 2.24) is 14.7 Å². The highest BCUT2D eigenvalue weighted by Crippen LogP contribution is 2.23. The van der Waals surface area contributed by atoms with Gasteiger partial charge in [0.05, 0.1) is 10.6 Å². The number of nitro groups is 1. The first kappa shape index (κ1) is 23.1. The Kier molecular flexibility index (Phi) is 7.31. The molecule has 1 heterocycles. The maximum Gasteiger partial charge on any atom is 0.269 e. The minimum atomic E-state index is -0.518. The third-order valence-electron chi connectivity index (χ3n) is 4.64. The average molecular weight is 415 g/mol. The molecule has 0 atom stereocenters. The van der Waals surface area contributed by atoms with Crippen LogP contribution in [0.5, 0.6) is 0 Å². The number of carbonyl (C=O) groups excluding carboxylic acids is 2. The van der Waals surface area contributed by atoms with Crippen molar-refractivity contribution in [2.24, 2.45) is 7.05 Å². The summed E-state index contributed by atoms with van der Waals surface area (Å²) in [5.74, 6) is -0.109. The normalized spacial score (nSPS) is 11.2. The Hall–Kier alpha value is -3.23. The maximum absolute atomic E-state index is 12.9. The molecule has 0 saturated carbocycles. The summed E-state index contributed by atoms with van der Waals surface area (Å²) in [7, 11) is 1.75. The van der Waals surface area contributed by atoms with E-state index in [1.807, 2.05) is 33.8 Å². The van der Waals surface area contributed by atoms with Crippen molar-refractivity contribution in [3.63, 3.8) is 0 Å². The van der Waals surface area contributed by atoms with E-state index < -0.39 is 4.92 Å². The van der Waals surface area contributed by atoms with E-state index in [0.29, 0.717) is 17.9 Å². The fourth-order valence-electron chi connectivity index (χ4n) is 2.82. The van der Waals surface area contributed by atoms with Crippen LogP contribution in [0.25, 0.3) is 0 Å². The molecule has 1 N–H and O–H groups in total. The lowest BCUT2D eigenvalue weighted by molar-refractivity contribution is -0.384. The molecule has 9 nitrogen and oxygen atoms in total. The zero-order valence-corrected chi connectivity index (χ0v) is 18.1. The number of nitrogens with zero attached hydrogens (tertiary/aromatic N) is 4. The molecule has 0 saturated heterocycles. The van der Waals surface area contributed by atoms with E-state index in [2.05, 4.69) is 10.4 Å². The Morgan fingerprint density at radius 1 is 1.23 bits per heavy atom. The van der Waals surface area contributed by atoms with Gasteiger partial charge in [0.25, 0.3) is 11.6 Å². The molecule has 0 radical (unpaired) electrons. The lowest BCUT2D eigenvalue weighted by Crippen LogP contribution is -2.38. The SMILES string of the molecule is CCCCN(CC(=O)Nc1cc(C(C)(C)C)nn1C)C(=O)c1ccc([N+](=O)[O-])cc1. The number of unbranched alkanes of at least 4 members (excludes halogenated alkanes) is 1. The van der Waals surface area contributed by atoms with Gasteiger partial charge in [0.2, 0.25) is 5.91 Å². The van der Waals surface area contributed by atoms with Crippen LogP contribution in [0.15, 0.2) is 30.3 Å². The van der Waals surface area contributed by atoms with Crippen LogP contribution in [0.1, 0.15) is 56.6 Å². The van der Waals surface area contributed by atoms with E-state index >= 15 is 0 Å².